The zero-order valence-corrected chi connectivity index (χ0v) is 12.2. The molecule has 0 aromatic heterocycles. The van der Waals surface area contributed by atoms with Crippen LogP contribution in [-0.4, -0.2) is 20.1 Å². The second-order valence-corrected chi connectivity index (χ2v) is 4.47. The highest BCUT2D eigenvalue weighted by atomic mass is 19.2. The summed E-state index contributed by atoms with van der Waals surface area (Å²) in [5.74, 6) is -5.06. The summed E-state index contributed by atoms with van der Waals surface area (Å²) in [6.07, 6.45) is 0. The summed E-state index contributed by atoms with van der Waals surface area (Å²) in [4.78, 5) is 12.0. The Morgan fingerprint density at radius 3 is 2.26 bits per heavy atom. The molecule has 0 aliphatic carbocycles. The van der Waals surface area contributed by atoms with E-state index in [0.717, 1.165) is 6.07 Å². The van der Waals surface area contributed by atoms with E-state index in [1.807, 2.05) is 0 Å². The molecule has 2 rings (SSSR count). The molecule has 0 fully saturated rings. The zero-order valence-electron chi connectivity index (χ0n) is 12.2. The molecule has 0 spiro atoms. The number of carbonyl (C=O) groups is 1. The van der Waals surface area contributed by atoms with Crippen LogP contribution in [0, 0.1) is 17.5 Å². The van der Waals surface area contributed by atoms with Crippen LogP contribution in [0.4, 0.5) is 24.5 Å². The van der Waals surface area contributed by atoms with Gasteiger partial charge in [-0.1, -0.05) is 0 Å². The minimum absolute atomic E-state index is 0.108. The van der Waals surface area contributed by atoms with E-state index in [0.29, 0.717) is 11.8 Å². The lowest BCUT2D eigenvalue weighted by Crippen LogP contribution is -2.16. The van der Waals surface area contributed by atoms with Crippen molar-refractivity contribution in [1.29, 1.82) is 0 Å². The Hall–Kier alpha value is -2.90. The van der Waals surface area contributed by atoms with Crippen LogP contribution in [0.2, 0.25) is 0 Å². The normalized spacial score (nSPS) is 10.3. The second kappa shape index (κ2) is 6.47. The van der Waals surface area contributed by atoms with Gasteiger partial charge in [0.25, 0.3) is 5.91 Å². The highest BCUT2D eigenvalue weighted by Crippen LogP contribution is 2.35. The molecule has 2 aromatic carbocycles. The number of amides is 1. The summed E-state index contributed by atoms with van der Waals surface area (Å²) >= 11 is 0. The van der Waals surface area contributed by atoms with Gasteiger partial charge in [-0.2, -0.15) is 0 Å². The van der Waals surface area contributed by atoms with Gasteiger partial charge in [0.15, 0.2) is 29.0 Å². The summed E-state index contributed by atoms with van der Waals surface area (Å²) < 4.78 is 49.8. The second-order valence-electron chi connectivity index (χ2n) is 4.47. The van der Waals surface area contributed by atoms with Gasteiger partial charge in [0.05, 0.1) is 31.2 Å². The number of rotatable bonds is 4. The summed E-state index contributed by atoms with van der Waals surface area (Å²) in [7, 11) is 2.79. The number of anilines is 2. The summed E-state index contributed by atoms with van der Waals surface area (Å²) in [6, 6.07) is 4.26. The molecule has 3 N–H and O–H groups in total. The maximum absolute atomic E-state index is 13.6. The van der Waals surface area contributed by atoms with E-state index in [1.165, 1.54) is 26.4 Å². The van der Waals surface area contributed by atoms with Crippen LogP contribution in [0.15, 0.2) is 24.3 Å². The van der Waals surface area contributed by atoms with Crippen molar-refractivity contribution in [3.63, 3.8) is 0 Å². The van der Waals surface area contributed by atoms with Gasteiger partial charge < -0.3 is 20.5 Å². The quantitative estimate of drug-likeness (QED) is 0.669. The van der Waals surface area contributed by atoms with Gasteiger partial charge in [0.1, 0.15) is 0 Å². The SMILES string of the molecule is COc1cc(N)c(NC(=O)c2ccc(F)c(F)c2F)cc1OC. The molecule has 0 radical (unpaired) electrons. The van der Waals surface area contributed by atoms with Crippen LogP contribution < -0.4 is 20.5 Å². The van der Waals surface area contributed by atoms with E-state index in [9.17, 15) is 18.0 Å². The van der Waals surface area contributed by atoms with E-state index in [2.05, 4.69) is 5.32 Å². The van der Waals surface area contributed by atoms with Crippen molar-refractivity contribution in [3.05, 3.63) is 47.3 Å². The first kappa shape index (κ1) is 16.5. The molecule has 8 heteroatoms. The molecule has 0 aliphatic rings. The number of halogens is 3. The van der Waals surface area contributed by atoms with Crippen LogP contribution in [-0.2, 0) is 0 Å². The molecule has 0 unspecified atom stereocenters. The lowest BCUT2D eigenvalue weighted by molar-refractivity contribution is 0.102. The molecule has 0 saturated carbocycles. The molecule has 23 heavy (non-hydrogen) atoms. The van der Waals surface area contributed by atoms with E-state index in [4.69, 9.17) is 15.2 Å². The van der Waals surface area contributed by atoms with Crippen LogP contribution in [0.3, 0.4) is 0 Å². The number of hydrogen-bond donors (Lipinski definition) is 2. The molecular formula is C15H13F3N2O3. The number of ether oxygens (including phenoxy) is 2. The molecular weight excluding hydrogens is 313 g/mol. The van der Waals surface area contributed by atoms with Gasteiger partial charge in [0, 0.05) is 12.1 Å². The number of nitrogens with two attached hydrogens (primary N) is 1. The average molecular weight is 326 g/mol. The van der Waals surface area contributed by atoms with E-state index < -0.39 is 28.9 Å². The Morgan fingerprint density at radius 2 is 1.65 bits per heavy atom. The number of carbonyl (C=O) groups excluding carboxylic acids is 1. The third kappa shape index (κ3) is 3.15. The first-order valence-electron chi connectivity index (χ1n) is 6.35. The first-order chi connectivity index (χ1) is 10.9. The van der Waals surface area contributed by atoms with E-state index in [1.54, 1.807) is 0 Å². The maximum atomic E-state index is 13.6. The number of benzene rings is 2. The van der Waals surface area contributed by atoms with Crippen molar-refractivity contribution in [2.75, 3.05) is 25.3 Å². The van der Waals surface area contributed by atoms with Crippen LogP contribution in [0.5, 0.6) is 11.5 Å². The molecule has 2 aromatic rings. The molecule has 122 valence electrons. The Balaban J connectivity index is 2.36. The fraction of sp³-hybridized carbons (Fsp3) is 0.133. The van der Waals surface area contributed by atoms with Gasteiger partial charge in [-0.25, -0.2) is 13.2 Å². The summed E-state index contributed by atoms with van der Waals surface area (Å²) in [5.41, 5.74) is 5.34. The van der Waals surface area contributed by atoms with Crippen molar-refractivity contribution in [3.8, 4) is 11.5 Å². The van der Waals surface area contributed by atoms with Crippen molar-refractivity contribution >= 4 is 17.3 Å². The number of hydrogen-bond acceptors (Lipinski definition) is 4. The zero-order chi connectivity index (χ0) is 17.1. The standard InChI is InChI=1S/C15H13F3N2O3/c1-22-11-5-9(19)10(6-12(11)23-2)20-15(21)7-3-4-8(16)14(18)13(7)17/h3-6H,19H2,1-2H3,(H,20,21). The third-order valence-electron chi connectivity index (χ3n) is 3.08. The minimum atomic E-state index is -1.72. The molecule has 0 heterocycles. The van der Waals surface area contributed by atoms with Crippen LogP contribution >= 0.6 is 0 Å². The molecule has 0 saturated heterocycles. The van der Waals surface area contributed by atoms with Crippen molar-refractivity contribution < 1.29 is 27.4 Å². The van der Waals surface area contributed by atoms with Crippen molar-refractivity contribution in [2.24, 2.45) is 0 Å². The smallest absolute Gasteiger partial charge is 0.258 e. The predicted octanol–water partition coefficient (Wildman–Crippen LogP) is 2.96. The predicted molar refractivity (Wildman–Crippen MR) is 78.2 cm³/mol. The first-order valence-corrected chi connectivity index (χ1v) is 6.35. The Labute approximate surface area is 129 Å². The number of nitrogen functional groups attached to an aromatic ring is 1. The molecule has 0 bridgehead atoms. The summed E-state index contributed by atoms with van der Waals surface area (Å²) in [6.45, 7) is 0. The maximum Gasteiger partial charge on any atom is 0.258 e. The summed E-state index contributed by atoms with van der Waals surface area (Å²) in [5, 5.41) is 2.31. The molecule has 0 aliphatic heterocycles. The Bertz CT molecular complexity index is 766. The van der Waals surface area contributed by atoms with Crippen molar-refractivity contribution in [1.82, 2.24) is 0 Å². The molecule has 5 nitrogen and oxygen atoms in total. The fourth-order valence-electron chi connectivity index (χ4n) is 1.89. The van der Waals surface area contributed by atoms with Gasteiger partial charge >= 0.3 is 0 Å². The topological polar surface area (TPSA) is 73.6 Å². The molecule has 0 atom stereocenters. The Morgan fingerprint density at radius 1 is 1.04 bits per heavy atom. The van der Waals surface area contributed by atoms with Crippen molar-refractivity contribution in [2.45, 2.75) is 0 Å². The monoisotopic (exact) mass is 326 g/mol. The Kier molecular flexibility index (Phi) is 4.63. The van der Waals surface area contributed by atoms with E-state index in [-0.39, 0.29) is 17.1 Å². The van der Waals surface area contributed by atoms with Crippen LogP contribution in [0.1, 0.15) is 10.4 Å². The van der Waals surface area contributed by atoms with Gasteiger partial charge in [-0.3, -0.25) is 4.79 Å². The fourth-order valence-corrected chi connectivity index (χ4v) is 1.89. The lowest BCUT2D eigenvalue weighted by atomic mass is 10.1. The third-order valence-corrected chi connectivity index (χ3v) is 3.08. The average Bonchev–Trinajstić information content (AvgIpc) is 2.54. The molecule has 1 amide bonds. The van der Waals surface area contributed by atoms with Gasteiger partial charge in [-0.05, 0) is 12.1 Å². The highest BCUT2D eigenvalue weighted by Gasteiger charge is 2.20. The lowest BCUT2D eigenvalue weighted by Gasteiger charge is -2.13. The van der Waals surface area contributed by atoms with E-state index >= 15 is 0 Å². The van der Waals surface area contributed by atoms with Gasteiger partial charge in [0.2, 0.25) is 0 Å². The van der Waals surface area contributed by atoms with Crippen LogP contribution in [0.25, 0.3) is 0 Å². The largest absolute Gasteiger partial charge is 0.493 e. The number of nitrogens with one attached hydrogen (secondary N) is 1. The van der Waals surface area contributed by atoms with Gasteiger partial charge in [-0.15, -0.1) is 0 Å². The number of methoxy groups -OCH3 is 2. The minimum Gasteiger partial charge on any atom is -0.493 e. The highest BCUT2D eigenvalue weighted by molar-refractivity contribution is 6.06.